The van der Waals surface area contributed by atoms with Crippen molar-refractivity contribution in [1.82, 2.24) is 30.3 Å². The van der Waals surface area contributed by atoms with Crippen LogP contribution in [0.3, 0.4) is 0 Å². The number of nitrogens with zero attached hydrogens (tertiary/aromatic N) is 4. The summed E-state index contributed by atoms with van der Waals surface area (Å²) in [5.41, 5.74) is -3.14. The van der Waals surface area contributed by atoms with Crippen molar-refractivity contribution in [2.75, 3.05) is 0 Å². The highest BCUT2D eigenvalue weighted by Crippen LogP contribution is 2.95. The maximum absolute atomic E-state index is 15.7. The van der Waals surface area contributed by atoms with Crippen LogP contribution in [0.2, 0.25) is 0 Å². The second kappa shape index (κ2) is 11.1. The lowest BCUT2D eigenvalue weighted by atomic mass is 9.92. The fraction of sp³-hybridized carbons (Fsp3) is 0.351. The van der Waals surface area contributed by atoms with Gasteiger partial charge in [-0.2, -0.15) is 32.1 Å². The first kappa shape index (κ1) is 33.9. The molecule has 0 aliphatic heterocycles. The van der Waals surface area contributed by atoms with Crippen LogP contribution in [0.1, 0.15) is 71.8 Å². The van der Waals surface area contributed by atoms with E-state index in [2.05, 4.69) is 32.5 Å². The van der Waals surface area contributed by atoms with Gasteiger partial charge < -0.3 is 10.4 Å². The molecule has 2 saturated carbocycles. The third-order valence-electron chi connectivity index (χ3n) is 10.2. The molecule has 15 heteroatoms. The number of nitrogens with one attached hydrogen (secondary N) is 2. The Balaban J connectivity index is 1.24. The van der Waals surface area contributed by atoms with Crippen molar-refractivity contribution in [2.24, 2.45) is 11.3 Å². The predicted molar refractivity (Wildman–Crippen MR) is 173 cm³/mol. The van der Waals surface area contributed by atoms with Crippen molar-refractivity contribution in [2.45, 2.75) is 69.8 Å². The Kier molecular flexibility index (Phi) is 7.26. The lowest BCUT2D eigenvalue weighted by Crippen LogP contribution is -2.35. The first-order valence-corrected chi connectivity index (χ1v) is 16.4. The summed E-state index contributed by atoms with van der Waals surface area (Å²) in [5.74, 6) is -2.48. The molecule has 3 heterocycles. The first-order chi connectivity index (χ1) is 24.4. The molecule has 1 unspecified atom stereocenters. The van der Waals surface area contributed by atoms with E-state index in [1.807, 2.05) is 0 Å². The van der Waals surface area contributed by atoms with Gasteiger partial charge in [-0.25, -0.2) is 13.8 Å². The number of aromatic nitrogens is 5. The molecule has 0 radical (unpaired) electrons. The molecule has 4 atom stereocenters. The van der Waals surface area contributed by atoms with Crippen LogP contribution in [0, 0.1) is 41.7 Å². The molecule has 8 nitrogen and oxygen atoms in total. The highest BCUT2D eigenvalue weighted by atomic mass is 19.4. The SMILES string of the molecule is Cc1n[nH]c2cccc(-c3ccc(C#CC(C)(C)O)nc3[C@H](Cc3cc(F)cc(F)c3)NC(=O)Cn3nc(C(F)(F)F)c4c3C(F)(F)[C@@]35CC3[C@H]45)c12. The molecule has 0 saturated heterocycles. The molecule has 52 heavy (non-hydrogen) atoms. The molecule has 3 N–H and O–H groups in total. The maximum atomic E-state index is 15.7. The number of halogens is 7. The Morgan fingerprint density at radius 3 is 2.52 bits per heavy atom. The minimum Gasteiger partial charge on any atom is -0.378 e. The van der Waals surface area contributed by atoms with Crippen molar-refractivity contribution in [3.63, 3.8) is 0 Å². The molecule has 3 aliphatic rings. The van der Waals surface area contributed by atoms with Gasteiger partial charge in [0.25, 0.3) is 5.92 Å². The van der Waals surface area contributed by atoms with E-state index in [1.54, 1.807) is 37.3 Å². The van der Waals surface area contributed by atoms with Crippen molar-refractivity contribution in [1.29, 1.82) is 0 Å². The van der Waals surface area contributed by atoms with Gasteiger partial charge in [0.05, 0.1) is 28.4 Å². The number of hydrogen-bond acceptors (Lipinski definition) is 5. The largest absolute Gasteiger partial charge is 0.435 e. The number of aliphatic hydroxyl groups is 1. The normalized spacial score (nSPS) is 21.5. The Morgan fingerprint density at radius 2 is 1.85 bits per heavy atom. The number of aryl methyl sites for hydroxylation is 1. The third-order valence-corrected chi connectivity index (χ3v) is 10.2. The summed E-state index contributed by atoms with van der Waals surface area (Å²) in [7, 11) is 0. The molecular formula is C37H29F7N6O2. The third kappa shape index (κ3) is 5.34. The number of alkyl halides is 5. The smallest absolute Gasteiger partial charge is 0.378 e. The average Bonchev–Trinajstić information content (AvgIpc) is 3.82. The molecule has 1 spiro atoms. The zero-order valence-corrected chi connectivity index (χ0v) is 27.8. The molecule has 2 aromatic carbocycles. The van der Waals surface area contributed by atoms with E-state index in [0.717, 1.165) is 12.1 Å². The van der Waals surface area contributed by atoms with Gasteiger partial charge in [0.2, 0.25) is 5.91 Å². The van der Waals surface area contributed by atoms with Gasteiger partial charge in [0, 0.05) is 28.5 Å². The number of H-pyrrole nitrogens is 1. The van der Waals surface area contributed by atoms with Gasteiger partial charge in [0.15, 0.2) is 5.69 Å². The average molecular weight is 723 g/mol. The number of hydrogen-bond donors (Lipinski definition) is 3. The van der Waals surface area contributed by atoms with Crippen molar-refractivity contribution >= 4 is 16.8 Å². The van der Waals surface area contributed by atoms with Crippen molar-refractivity contribution in [3.05, 3.63) is 99.8 Å². The second-order valence-corrected chi connectivity index (χ2v) is 14.2. The van der Waals surface area contributed by atoms with Crippen LogP contribution in [0.25, 0.3) is 22.0 Å². The van der Waals surface area contributed by atoms with Gasteiger partial charge in [-0.1, -0.05) is 18.1 Å². The summed E-state index contributed by atoms with van der Waals surface area (Å²) in [6, 6.07) is 10.1. The summed E-state index contributed by atoms with van der Waals surface area (Å²) >= 11 is 0. The van der Waals surface area contributed by atoms with Gasteiger partial charge in [-0.05, 0) is 86.9 Å². The molecule has 3 aromatic heterocycles. The molecule has 2 fully saturated rings. The molecule has 268 valence electrons. The van der Waals surface area contributed by atoms with Crippen LogP contribution in [-0.4, -0.2) is 41.6 Å². The number of amides is 1. The fourth-order valence-electron chi connectivity index (χ4n) is 7.84. The number of rotatable bonds is 7. The van der Waals surface area contributed by atoms with E-state index >= 15 is 8.78 Å². The van der Waals surface area contributed by atoms with E-state index in [9.17, 15) is 31.9 Å². The lowest BCUT2D eigenvalue weighted by Gasteiger charge is -2.23. The van der Waals surface area contributed by atoms with Crippen LogP contribution in [0.15, 0.2) is 48.5 Å². The topological polar surface area (TPSA) is 109 Å². The summed E-state index contributed by atoms with van der Waals surface area (Å²) in [4.78, 5) is 18.6. The summed E-state index contributed by atoms with van der Waals surface area (Å²) in [5, 5.41) is 24.4. The van der Waals surface area contributed by atoms with Crippen LogP contribution in [0.5, 0.6) is 0 Å². The first-order valence-electron chi connectivity index (χ1n) is 16.4. The van der Waals surface area contributed by atoms with Gasteiger partial charge in [0.1, 0.15) is 35.2 Å². The predicted octanol–water partition coefficient (Wildman–Crippen LogP) is 6.86. The minimum atomic E-state index is -5.03. The Bertz CT molecular complexity index is 2360. The summed E-state index contributed by atoms with van der Waals surface area (Å²) in [6.45, 7) is 3.70. The van der Waals surface area contributed by atoms with Crippen molar-refractivity contribution in [3.8, 4) is 23.0 Å². The van der Waals surface area contributed by atoms with Crippen LogP contribution in [-0.2, 0) is 29.9 Å². The molecule has 8 rings (SSSR count). The molecule has 1 amide bonds. The number of aromatic amines is 1. The van der Waals surface area contributed by atoms with Crippen LogP contribution >= 0.6 is 0 Å². The summed E-state index contributed by atoms with van der Waals surface area (Å²) < 4.78 is 103. The number of fused-ring (bicyclic) bond motifs is 4. The van der Waals surface area contributed by atoms with Crippen LogP contribution in [0.4, 0.5) is 30.7 Å². The van der Waals surface area contributed by atoms with E-state index in [0.29, 0.717) is 38.5 Å². The molecule has 5 aromatic rings. The van der Waals surface area contributed by atoms with E-state index in [1.165, 1.54) is 13.8 Å². The fourth-order valence-corrected chi connectivity index (χ4v) is 7.84. The Hall–Kier alpha value is -5.23. The quantitative estimate of drug-likeness (QED) is 0.126. The lowest BCUT2D eigenvalue weighted by molar-refractivity contribution is -0.142. The van der Waals surface area contributed by atoms with Gasteiger partial charge in [-0.3, -0.25) is 14.6 Å². The number of pyridine rings is 1. The molecule has 0 bridgehead atoms. The minimum absolute atomic E-state index is 0.0889. The number of carbonyl (C=O) groups is 1. The number of benzene rings is 2. The molecule has 3 aliphatic carbocycles. The summed E-state index contributed by atoms with van der Waals surface area (Å²) in [6.07, 6.45) is -5.21. The highest BCUT2D eigenvalue weighted by molar-refractivity contribution is 5.97. The highest BCUT2D eigenvalue weighted by Gasteiger charge is 2.94. The van der Waals surface area contributed by atoms with E-state index in [-0.39, 0.29) is 29.8 Å². The Morgan fingerprint density at radius 1 is 1.12 bits per heavy atom. The zero-order valence-electron chi connectivity index (χ0n) is 27.8. The maximum Gasteiger partial charge on any atom is 0.435 e. The standard InChI is InChI=1S/C37H29F7N6O2/c1-17-28-22(5-4-6-25(28)48-47-17)23-8-7-21(9-10-34(2,3)52)45-31(23)26(13-18-11-19(38)14-20(39)12-18)46-27(51)16-50-33-29(32(49-50)37(42,43)44)30-24-15-35(24,30)36(33,40)41/h4-8,11-12,14,24,26,30,52H,13,15-16H2,1-3H3,(H,46,51)(H,47,48)/t24?,26-,30+,35-/m0/s1. The van der Waals surface area contributed by atoms with E-state index in [4.69, 9.17) is 4.98 Å². The molecular weight excluding hydrogens is 693 g/mol. The van der Waals surface area contributed by atoms with E-state index < -0.39 is 82.0 Å². The van der Waals surface area contributed by atoms with Gasteiger partial charge >= 0.3 is 6.18 Å². The number of carbonyl (C=O) groups excluding carboxylic acids is 1. The van der Waals surface area contributed by atoms with Crippen LogP contribution < -0.4 is 5.32 Å². The Labute approximate surface area is 291 Å². The van der Waals surface area contributed by atoms with Crippen molar-refractivity contribution < 1.29 is 40.6 Å². The zero-order chi connectivity index (χ0) is 37.1. The van der Waals surface area contributed by atoms with Gasteiger partial charge in [-0.15, -0.1) is 0 Å². The second-order valence-electron chi connectivity index (χ2n) is 14.2. The monoisotopic (exact) mass is 722 g/mol.